The van der Waals surface area contributed by atoms with E-state index in [-0.39, 0.29) is 0 Å². The van der Waals surface area contributed by atoms with Crippen LogP contribution in [0, 0.1) is 0 Å². The monoisotopic (exact) mass is 286 g/mol. The minimum absolute atomic E-state index is 0.463. The Bertz CT molecular complexity index is 399. The van der Waals surface area contributed by atoms with Gasteiger partial charge in [0.05, 0.1) is 33.0 Å². The number of carboxylic acid groups (broad SMARTS) is 1. The van der Waals surface area contributed by atoms with Crippen molar-refractivity contribution in [2.75, 3.05) is 33.5 Å². The average Bonchev–Trinajstić information content (AvgIpc) is 2.83. The van der Waals surface area contributed by atoms with Crippen LogP contribution in [-0.2, 0) is 25.6 Å². The van der Waals surface area contributed by atoms with Crippen molar-refractivity contribution in [3.8, 4) is 0 Å². The summed E-state index contributed by atoms with van der Waals surface area (Å²) in [6.07, 6.45) is 2.70. The van der Waals surface area contributed by atoms with Crippen LogP contribution in [0.1, 0.15) is 10.4 Å². The SMILES string of the molecule is COCCOCCOCc1sccc1/C=C/C(=O)O. The second-order valence-electron chi connectivity index (χ2n) is 3.63. The van der Waals surface area contributed by atoms with Crippen LogP contribution >= 0.6 is 11.3 Å². The molecule has 19 heavy (non-hydrogen) atoms. The Morgan fingerprint density at radius 1 is 1.32 bits per heavy atom. The maximum atomic E-state index is 10.4. The molecule has 0 spiro atoms. The summed E-state index contributed by atoms with van der Waals surface area (Å²) in [5.74, 6) is -0.954. The maximum Gasteiger partial charge on any atom is 0.328 e. The lowest BCUT2D eigenvalue weighted by molar-refractivity contribution is -0.131. The summed E-state index contributed by atoms with van der Waals surface area (Å²) in [7, 11) is 1.63. The first-order valence-corrected chi connectivity index (χ1v) is 6.74. The highest BCUT2D eigenvalue weighted by Gasteiger charge is 2.02. The lowest BCUT2D eigenvalue weighted by Crippen LogP contribution is -2.08. The molecule has 0 bridgehead atoms. The predicted molar refractivity (Wildman–Crippen MR) is 73.3 cm³/mol. The molecule has 1 heterocycles. The van der Waals surface area contributed by atoms with Crippen LogP contribution in [0.4, 0.5) is 0 Å². The van der Waals surface area contributed by atoms with Crippen molar-refractivity contribution in [3.05, 3.63) is 28.0 Å². The zero-order valence-corrected chi connectivity index (χ0v) is 11.6. The Balaban J connectivity index is 2.22. The molecule has 5 nitrogen and oxygen atoms in total. The Labute approximate surface area is 116 Å². The Kier molecular flexibility index (Phi) is 8.08. The van der Waals surface area contributed by atoms with E-state index in [0.29, 0.717) is 33.0 Å². The fraction of sp³-hybridized carbons (Fsp3) is 0.462. The van der Waals surface area contributed by atoms with Gasteiger partial charge in [-0.25, -0.2) is 4.79 Å². The van der Waals surface area contributed by atoms with Crippen molar-refractivity contribution in [1.29, 1.82) is 0 Å². The molecule has 0 aliphatic rings. The number of carboxylic acids is 1. The number of hydrogen-bond acceptors (Lipinski definition) is 5. The summed E-state index contributed by atoms with van der Waals surface area (Å²) in [4.78, 5) is 11.5. The van der Waals surface area contributed by atoms with Gasteiger partial charge >= 0.3 is 5.97 Å². The van der Waals surface area contributed by atoms with Gasteiger partial charge in [-0.1, -0.05) is 0 Å². The van der Waals surface area contributed by atoms with Crippen LogP contribution in [0.15, 0.2) is 17.5 Å². The van der Waals surface area contributed by atoms with Crippen LogP contribution in [0.2, 0.25) is 0 Å². The molecule has 106 valence electrons. The Morgan fingerprint density at radius 2 is 2.05 bits per heavy atom. The normalized spacial score (nSPS) is 11.2. The van der Waals surface area contributed by atoms with Crippen LogP contribution in [0.5, 0.6) is 0 Å². The smallest absolute Gasteiger partial charge is 0.328 e. The zero-order chi connectivity index (χ0) is 13.9. The van der Waals surface area contributed by atoms with Gasteiger partial charge in [0.1, 0.15) is 0 Å². The Hall–Kier alpha value is -1.21. The molecular formula is C13H18O5S. The third-order valence-corrected chi connectivity index (χ3v) is 3.13. The first kappa shape index (κ1) is 15.8. The predicted octanol–water partition coefficient (Wildman–Crippen LogP) is 2.03. The summed E-state index contributed by atoms with van der Waals surface area (Å²) in [6, 6.07) is 1.87. The minimum atomic E-state index is -0.954. The molecule has 0 radical (unpaired) electrons. The zero-order valence-electron chi connectivity index (χ0n) is 10.8. The number of methoxy groups -OCH3 is 1. The van der Waals surface area contributed by atoms with Gasteiger partial charge in [-0.2, -0.15) is 0 Å². The van der Waals surface area contributed by atoms with Crippen LogP contribution in [0.25, 0.3) is 6.08 Å². The van der Waals surface area contributed by atoms with E-state index in [1.54, 1.807) is 24.5 Å². The molecule has 0 saturated heterocycles. The molecule has 0 aliphatic heterocycles. The molecule has 1 aromatic rings. The fourth-order valence-electron chi connectivity index (χ4n) is 1.30. The summed E-state index contributed by atoms with van der Waals surface area (Å²) in [5.41, 5.74) is 0.882. The summed E-state index contributed by atoms with van der Waals surface area (Å²) >= 11 is 1.54. The molecule has 0 aromatic carbocycles. The van der Waals surface area contributed by atoms with E-state index in [0.717, 1.165) is 16.5 Å². The van der Waals surface area contributed by atoms with Crippen molar-refractivity contribution in [3.63, 3.8) is 0 Å². The van der Waals surface area contributed by atoms with Crippen LogP contribution in [0.3, 0.4) is 0 Å². The van der Waals surface area contributed by atoms with Gasteiger partial charge in [-0.05, 0) is 23.1 Å². The summed E-state index contributed by atoms with van der Waals surface area (Å²) in [6.45, 7) is 2.63. The van der Waals surface area contributed by atoms with Gasteiger partial charge < -0.3 is 19.3 Å². The molecule has 0 saturated carbocycles. The highest BCUT2D eigenvalue weighted by molar-refractivity contribution is 7.10. The van der Waals surface area contributed by atoms with Crippen molar-refractivity contribution < 1.29 is 24.1 Å². The molecule has 0 fully saturated rings. The summed E-state index contributed by atoms with van der Waals surface area (Å²) in [5, 5.41) is 10.5. The first-order chi connectivity index (χ1) is 9.24. The van der Waals surface area contributed by atoms with E-state index < -0.39 is 5.97 Å². The highest BCUT2D eigenvalue weighted by Crippen LogP contribution is 2.19. The van der Waals surface area contributed by atoms with E-state index in [1.165, 1.54) is 0 Å². The molecule has 1 aromatic heterocycles. The van der Waals surface area contributed by atoms with Gasteiger partial charge in [0.2, 0.25) is 0 Å². The van der Waals surface area contributed by atoms with Gasteiger partial charge in [-0.15, -0.1) is 11.3 Å². The molecule has 0 atom stereocenters. The highest BCUT2D eigenvalue weighted by atomic mass is 32.1. The molecular weight excluding hydrogens is 268 g/mol. The number of rotatable bonds is 10. The van der Waals surface area contributed by atoms with Crippen molar-refractivity contribution >= 4 is 23.4 Å². The largest absolute Gasteiger partial charge is 0.478 e. The van der Waals surface area contributed by atoms with E-state index in [9.17, 15) is 4.79 Å². The number of hydrogen-bond donors (Lipinski definition) is 1. The van der Waals surface area contributed by atoms with Crippen LogP contribution < -0.4 is 0 Å². The Morgan fingerprint density at radius 3 is 2.79 bits per heavy atom. The summed E-state index contributed by atoms with van der Waals surface area (Å²) < 4.78 is 15.6. The van der Waals surface area contributed by atoms with Gasteiger partial charge in [-0.3, -0.25) is 0 Å². The standard InChI is InChI=1S/C13H18O5S/c1-16-5-6-17-7-8-18-10-12-11(4-9-19-12)2-3-13(14)15/h2-4,9H,5-8,10H2,1H3,(H,14,15)/b3-2+. The number of thiophene rings is 1. The number of carbonyl (C=O) groups is 1. The topological polar surface area (TPSA) is 65.0 Å². The van der Waals surface area contributed by atoms with Gasteiger partial charge in [0, 0.05) is 18.1 Å². The molecule has 1 rings (SSSR count). The van der Waals surface area contributed by atoms with E-state index in [4.69, 9.17) is 19.3 Å². The maximum absolute atomic E-state index is 10.4. The lowest BCUT2D eigenvalue weighted by Gasteiger charge is -2.05. The number of aliphatic carboxylic acids is 1. The third kappa shape index (κ3) is 7.07. The third-order valence-electron chi connectivity index (χ3n) is 2.22. The second kappa shape index (κ2) is 9.69. The molecule has 0 amide bonds. The molecule has 1 N–H and O–H groups in total. The van der Waals surface area contributed by atoms with E-state index in [2.05, 4.69) is 0 Å². The lowest BCUT2D eigenvalue weighted by atomic mass is 10.2. The molecule has 0 aliphatic carbocycles. The van der Waals surface area contributed by atoms with E-state index >= 15 is 0 Å². The molecule has 6 heteroatoms. The minimum Gasteiger partial charge on any atom is -0.478 e. The first-order valence-electron chi connectivity index (χ1n) is 5.86. The second-order valence-corrected chi connectivity index (χ2v) is 4.63. The van der Waals surface area contributed by atoms with E-state index in [1.807, 2.05) is 11.4 Å². The van der Waals surface area contributed by atoms with Gasteiger partial charge in [0.25, 0.3) is 0 Å². The average molecular weight is 286 g/mol. The van der Waals surface area contributed by atoms with Crippen molar-refractivity contribution in [2.45, 2.75) is 6.61 Å². The van der Waals surface area contributed by atoms with Crippen molar-refractivity contribution in [1.82, 2.24) is 0 Å². The fourth-order valence-corrected chi connectivity index (χ4v) is 2.11. The molecule has 0 unspecified atom stereocenters. The number of ether oxygens (including phenoxy) is 3. The van der Waals surface area contributed by atoms with Gasteiger partial charge in [0.15, 0.2) is 0 Å². The van der Waals surface area contributed by atoms with Crippen LogP contribution in [-0.4, -0.2) is 44.6 Å². The quantitative estimate of drug-likeness (QED) is 0.526. The van der Waals surface area contributed by atoms with Crippen molar-refractivity contribution in [2.24, 2.45) is 0 Å².